The average Bonchev–Trinajstić information content (AvgIpc) is 2.28. The fourth-order valence-corrected chi connectivity index (χ4v) is 1.87. The molecule has 0 aromatic heterocycles. The Balaban J connectivity index is 2.17. The third kappa shape index (κ3) is 2.22. The molecule has 2 aliphatic rings. The topological polar surface area (TPSA) is 116 Å². The Bertz CT molecular complexity index is 379. The maximum Gasteiger partial charge on any atom is 0.256 e. The molecule has 4 atom stereocenters. The Kier molecular flexibility index (Phi) is 3.25. The van der Waals surface area contributed by atoms with E-state index in [1.165, 1.54) is 6.08 Å². The van der Waals surface area contributed by atoms with Crippen LogP contribution in [0.3, 0.4) is 0 Å². The number of imide groups is 1. The number of amides is 2. The van der Waals surface area contributed by atoms with Crippen LogP contribution in [0.2, 0.25) is 0 Å². The maximum atomic E-state index is 11.5. The van der Waals surface area contributed by atoms with E-state index < -0.39 is 36.2 Å². The number of hydrogen-bond donors (Lipinski definition) is 4. The molecule has 0 aromatic rings. The summed E-state index contributed by atoms with van der Waals surface area (Å²) in [6, 6.07) is 0. The first-order valence-electron chi connectivity index (χ1n) is 5.20. The summed E-state index contributed by atoms with van der Waals surface area (Å²) in [5, 5.41) is 30.5. The van der Waals surface area contributed by atoms with E-state index in [0.29, 0.717) is 0 Å². The number of aliphatic hydroxyl groups is 3. The quantitative estimate of drug-likeness (QED) is 0.376. The first-order valence-corrected chi connectivity index (χ1v) is 5.20. The summed E-state index contributed by atoms with van der Waals surface area (Å²) < 4.78 is 5.12. The number of rotatable bonds is 1. The number of carbonyl (C=O) groups excluding carboxylic acids is 2. The molecule has 2 heterocycles. The van der Waals surface area contributed by atoms with Gasteiger partial charge in [0.15, 0.2) is 0 Å². The highest BCUT2D eigenvalue weighted by atomic mass is 16.5. The second-order valence-corrected chi connectivity index (χ2v) is 4.04. The highest BCUT2D eigenvalue weighted by molar-refractivity contribution is 6.08. The molecule has 0 radical (unpaired) electrons. The smallest absolute Gasteiger partial charge is 0.256 e. The van der Waals surface area contributed by atoms with Crippen LogP contribution in [0.15, 0.2) is 11.6 Å². The summed E-state index contributed by atoms with van der Waals surface area (Å²) in [7, 11) is 0. The summed E-state index contributed by atoms with van der Waals surface area (Å²) in [6.07, 6.45) is -3.60. The number of nitrogens with one attached hydrogen (secondary N) is 1. The lowest BCUT2D eigenvalue weighted by Crippen LogP contribution is -2.55. The van der Waals surface area contributed by atoms with Crippen LogP contribution in [-0.2, 0) is 14.3 Å². The van der Waals surface area contributed by atoms with Crippen molar-refractivity contribution in [1.82, 2.24) is 5.32 Å². The van der Waals surface area contributed by atoms with E-state index in [0.717, 1.165) is 0 Å². The minimum absolute atomic E-state index is 0.0201. The fraction of sp³-hybridized carbons (Fsp3) is 0.600. The van der Waals surface area contributed by atoms with Crippen molar-refractivity contribution < 1.29 is 29.6 Å². The zero-order valence-electron chi connectivity index (χ0n) is 8.87. The minimum atomic E-state index is -1.40. The Morgan fingerprint density at radius 1 is 1.24 bits per heavy atom. The van der Waals surface area contributed by atoms with Gasteiger partial charge in [-0.25, -0.2) is 0 Å². The number of carbonyl (C=O) groups is 2. The maximum absolute atomic E-state index is 11.5. The van der Waals surface area contributed by atoms with Gasteiger partial charge in [-0.3, -0.25) is 14.9 Å². The van der Waals surface area contributed by atoms with Crippen molar-refractivity contribution >= 4 is 11.8 Å². The monoisotopic (exact) mass is 243 g/mol. The molecule has 2 amide bonds. The first-order chi connectivity index (χ1) is 8.00. The molecular formula is C10H13NO6. The summed E-state index contributed by atoms with van der Waals surface area (Å²) in [6.45, 7) is -0.179. The van der Waals surface area contributed by atoms with Gasteiger partial charge in [0.1, 0.15) is 24.4 Å². The standard InChI is InChI=1S/C10H13NO6/c12-5-3-17-9(8(15)7(5)14)4-1-2-6(13)11-10(4)16/h1,5,7-9,12,14-15H,2-3H2,(H,11,13,16). The predicted octanol–water partition coefficient (Wildman–Crippen LogP) is -2.56. The molecule has 4 unspecified atom stereocenters. The van der Waals surface area contributed by atoms with Gasteiger partial charge < -0.3 is 20.1 Å². The second-order valence-electron chi connectivity index (χ2n) is 4.04. The van der Waals surface area contributed by atoms with E-state index in [-0.39, 0.29) is 18.6 Å². The van der Waals surface area contributed by atoms with E-state index in [2.05, 4.69) is 5.32 Å². The summed E-state index contributed by atoms with van der Waals surface area (Å²) >= 11 is 0. The SMILES string of the molecule is O=C1CC=C(C2OCC(O)C(O)C2O)C(=O)N1. The normalized spacial score (nSPS) is 38.6. The van der Waals surface area contributed by atoms with Gasteiger partial charge >= 0.3 is 0 Å². The third-order valence-corrected chi connectivity index (χ3v) is 2.83. The van der Waals surface area contributed by atoms with Gasteiger partial charge in [-0.2, -0.15) is 0 Å². The highest BCUT2D eigenvalue weighted by Crippen LogP contribution is 2.23. The molecule has 94 valence electrons. The fourth-order valence-electron chi connectivity index (χ4n) is 1.87. The molecule has 17 heavy (non-hydrogen) atoms. The van der Waals surface area contributed by atoms with Crippen LogP contribution in [0.5, 0.6) is 0 Å². The zero-order valence-corrected chi connectivity index (χ0v) is 8.87. The van der Waals surface area contributed by atoms with Gasteiger partial charge in [0.05, 0.1) is 6.61 Å². The van der Waals surface area contributed by atoms with Crippen molar-refractivity contribution in [3.05, 3.63) is 11.6 Å². The van der Waals surface area contributed by atoms with Crippen molar-refractivity contribution in [2.24, 2.45) is 0 Å². The van der Waals surface area contributed by atoms with E-state index in [9.17, 15) is 24.9 Å². The van der Waals surface area contributed by atoms with E-state index >= 15 is 0 Å². The van der Waals surface area contributed by atoms with Crippen molar-refractivity contribution in [1.29, 1.82) is 0 Å². The van der Waals surface area contributed by atoms with Crippen LogP contribution in [0, 0.1) is 0 Å². The Hall–Kier alpha value is -1.28. The Morgan fingerprint density at radius 3 is 2.59 bits per heavy atom. The lowest BCUT2D eigenvalue weighted by atomic mass is 9.92. The number of hydrogen-bond acceptors (Lipinski definition) is 6. The summed E-state index contributed by atoms with van der Waals surface area (Å²) in [4.78, 5) is 22.4. The van der Waals surface area contributed by atoms with E-state index in [1.54, 1.807) is 0 Å². The molecule has 0 saturated carbocycles. The molecule has 4 N–H and O–H groups in total. The third-order valence-electron chi connectivity index (χ3n) is 2.83. The van der Waals surface area contributed by atoms with Gasteiger partial charge in [0.2, 0.25) is 5.91 Å². The van der Waals surface area contributed by atoms with Crippen molar-refractivity contribution in [3.8, 4) is 0 Å². The van der Waals surface area contributed by atoms with Gasteiger partial charge in [0, 0.05) is 12.0 Å². The first kappa shape index (κ1) is 12.2. The molecule has 1 saturated heterocycles. The lowest BCUT2D eigenvalue weighted by Gasteiger charge is -2.36. The molecule has 1 fully saturated rings. The second kappa shape index (κ2) is 4.53. The average molecular weight is 243 g/mol. The molecule has 2 aliphatic heterocycles. The van der Waals surface area contributed by atoms with Gasteiger partial charge in [-0.15, -0.1) is 0 Å². The molecule has 0 aliphatic carbocycles. The zero-order chi connectivity index (χ0) is 12.6. The highest BCUT2D eigenvalue weighted by Gasteiger charge is 2.41. The molecule has 0 bridgehead atoms. The van der Waals surface area contributed by atoms with E-state index in [4.69, 9.17) is 4.74 Å². The Labute approximate surface area is 96.7 Å². The molecule has 7 heteroatoms. The number of ether oxygens (including phenoxy) is 1. The molecule has 7 nitrogen and oxygen atoms in total. The Morgan fingerprint density at radius 2 is 1.94 bits per heavy atom. The minimum Gasteiger partial charge on any atom is -0.388 e. The van der Waals surface area contributed by atoms with Crippen LogP contribution in [0.1, 0.15) is 6.42 Å². The van der Waals surface area contributed by atoms with Crippen molar-refractivity contribution in [2.45, 2.75) is 30.8 Å². The van der Waals surface area contributed by atoms with Crippen molar-refractivity contribution in [2.75, 3.05) is 6.61 Å². The molecule has 0 aromatic carbocycles. The molecule has 2 rings (SSSR count). The lowest BCUT2D eigenvalue weighted by molar-refractivity contribution is -0.178. The van der Waals surface area contributed by atoms with Gasteiger partial charge in [-0.05, 0) is 0 Å². The predicted molar refractivity (Wildman–Crippen MR) is 53.6 cm³/mol. The largest absolute Gasteiger partial charge is 0.388 e. The van der Waals surface area contributed by atoms with Crippen LogP contribution in [0.4, 0.5) is 0 Å². The summed E-state index contributed by atoms with van der Waals surface area (Å²) in [5.41, 5.74) is 0.100. The van der Waals surface area contributed by atoms with Crippen LogP contribution in [-0.4, -0.2) is 58.2 Å². The van der Waals surface area contributed by atoms with Crippen LogP contribution in [0.25, 0.3) is 0 Å². The van der Waals surface area contributed by atoms with Gasteiger partial charge in [-0.1, -0.05) is 6.08 Å². The molecular weight excluding hydrogens is 230 g/mol. The summed E-state index contributed by atoms with van der Waals surface area (Å²) in [5.74, 6) is -1.07. The number of aliphatic hydroxyl groups excluding tert-OH is 3. The van der Waals surface area contributed by atoms with E-state index in [1.807, 2.05) is 0 Å². The van der Waals surface area contributed by atoms with Crippen LogP contribution < -0.4 is 5.32 Å². The van der Waals surface area contributed by atoms with Gasteiger partial charge in [0.25, 0.3) is 5.91 Å². The molecule has 0 spiro atoms. The van der Waals surface area contributed by atoms with Crippen LogP contribution >= 0.6 is 0 Å². The van der Waals surface area contributed by atoms with Crippen molar-refractivity contribution in [3.63, 3.8) is 0 Å².